The number of halogens is 1. The van der Waals surface area contributed by atoms with Crippen molar-refractivity contribution in [2.45, 2.75) is 38.0 Å². The number of allylic oxidation sites excluding steroid dienone is 1. The molecule has 20 heavy (non-hydrogen) atoms. The smallest absolute Gasteiger partial charge is 0.328 e. The molecule has 3 nitrogen and oxygen atoms in total. The van der Waals surface area contributed by atoms with E-state index in [1.807, 2.05) is 18.2 Å². The van der Waals surface area contributed by atoms with Crippen molar-refractivity contribution in [2.75, 3.05) is 7.11 Å². The summed E-state index contributed by atoms with van der Waals surface area (Å²) in [6, 6.07) is 5.73. The molecule has 1 aliphatic rings. The standard InChI is InChI=1S/C16H19ClO3/c1-20-15-8-7-12(9-14(15)17)13-6-4-2-3-5-11(13)10-16(18)19/h7-10,13H,2-6H2,1H3,(H,18,19)/b11-10+. The van der Waals surface area contributed by atoms with Crippen LogP contribution in [0, 0.1) is 0 Å². The highest BCUT2D eigenvalue weighted by molar-refractivity contribution is 6.32. The maximum atomic E-state index is 11.0. The van der Waals surface area contributed by atoms with Crippen LogP contribution in [0.5, 0.6) is 5.75 Å². The molecule has 0 bridgehead atoms. The number of carboxylic acids is 1. The summed E-state index contributed by atoms with van der Waals surface area (Å²) in [5.74, 6) is -0.0729. The molecule has 0 radical (unpaired) electrons. The van der Waals surface area contributed by atoms with Gasteiger partial charge in [-0.1, -0.05) is 36.1 Å². The van der Waals surface area contributed by atoms with Crippen LogP contribution in [0.3, 0.4) is 0 Å². The van der Waals surface area contributed by atoms with E-state index in [1.54, 1.807) is 7.11 Å². The number of hydrogen-bond donors (Lipinski definition) is 1. The quantitative estimate of drug-likeness (QED) is 0.663. The Kier molecular flexibility index (Phi) is 5.07. The van der Waals surface area contributed by atoms with Crippen molar-refractivity contribution in [3.05, 3.63) is 40.4 Å². The number of hydrogen-bond acceptors (Lipinski definition) is 2. The second-order valence-corrected chi connectivity index (χ2v) is 5.51. The second kappa shape index (κ2) is 6.80. The molecule has 1 aliphatic carbocycles. The van der Waals surface area contributed by atoms with Crippen molar-refractivity contribution in [1.29, 1.82) is 0 Å². The van der Waals surface area contributed by atoms with Crippen molar-refractivity contribution in [3.8, 4) is 5.75 Å². The number of methoxy groups -OCH3 is 1. The first-order valence-corrected chi connectivity index (χ1v) is 7.26. The van der Waals surface area contributed by atoms with Gasteiger partial charge in [0.05, 0.1) is 12.1 Å². The highest BCUT2D eigenvalue weighted by Crippen LogP contribution is 2.38. The van der Waals surface area contributed by atoms with E-state index in [-0.39, 0.29) is 5.92 Å². The van der Waals surface area contributed by atoms with Gasteiger partial charge in [0.2, 0.25) is 0 Å². The molecular formula is C16H19ClO3. The fourth-order valence-corrected chi connectivity index (χ4v) is 3.09. The molecule has 1 aromatic carbocycles. The van der Waals surface area contributed by atoms with Gasteiger partial charge in [0, 0.05) is 12.0 Å². The highest BCUT2D eigenvalue weighted by atomic mass is 35.5. The summed E-state index contributed by atoms with van der Waals surface area (Å²) in [5, 5.41) is 9.61. The second-order valence-electron chi connectivity index (χ2n) is 5.10. The minimum absolute atomic E-state index is 0.150. The Morgan fingerprint density at radius 3 is 2.85 bits per heavy atom. The van der Waals surface area contributed by atoms with Crippen LogP contribution in [0.4, 0.5) is 0 Å². The lowest BCUT2D eigenvalue weighted by molar-refractivity contribution is -0.131. The van der Waals surface area contributed by atoms with E-state index in [0.717, 1.165) is 43.2 Å². The molecule has 108 valence electrons. The predicted molar refractivity (Wildman–Crippen MR) is 79.5 cm³/mol. The lowest BCUT2D eigenvalue weighted by atomic mass is 9.87. The van der Waals surface area contributed by atoms with Crippen molar-refractivity contribution < 1.29 is 14.6 Å². The van der Waals surface area contributed by atoms with Crippen LogP contribution < -0.4 is 4.74 Å². The predicted octanol–water partition coefficient (Wildman–Crippen LogP) is 4.41. The van der Waals surface area contributed by atoms with Gasteiger partial charge in [-0.2, -0.15) is 0 Å². The van der Waals surface area contributed by atoms with Crippen LogP contribution in [0.1, 0.15) is 43.6 Å². The maximum Gasteiger partial charge on any atom is 0.328 e. The van der Waals surface area contributed by atoms with E-state index in [2.05, 4.69) is 0 Å². The highest BCUT2D eigenvalue weighted by Gasteiger charge is 2.21. The first kappa shape index (κ1) is 14.9. The zero-order valence-electron chi connectivity index (χ0n) is 11.6. The Hall–Kier alpha value is -1.48. The van der Waals surface area contributed by atoms with Crippen molar-refractivity contribution in [2.24, 2.45) is 0 Å². The van der Waals surface area contributed by atoms with Gasteiger partial charge in [-0.15, -0.1) is 0 Å². The maximum absolute atomic E-state index is 11.0. The van der Waals surface area contributed by atoms with Gasteiger partial charge in [-0.05, 0) is 37.0 Å². The van der Waals surface area contributed by atoms with Crippen molar-refractivity contribution in [1.82, 2.24) is 0 Å². The zero-order valence-corrected chi connectivity index (χ0v) is 12.3. The van der Waals surface area contributed by atoms with Crippen LogP contribution in [0.2, 0.25) is 5.02 Å². The molecule has 0 heterocycles. The Bertz CT molecular complexity index is 522. The number of rotatable bonds is 3. The van der Waals surface area contributed by atoms with Crippen LogP contribution >= 0.6 is 11.6 Å². The molecule has 0 amide bonds. The van der Waals surface area contributed by atoms with Gasteiger partial charge >= 0.3 is 5.97 Å². The summed E-state index contributed by atoms with van der Waals surface area (Å²) in [6.45, 7) is 0. The van der Waals surface area contributed by atoms with Gasteiger partial charge in [0.25, 0.3) is 0 Å². The molecule has 1 atom stereocenters. The Balaban J connectivity index is 2.35. The summed E-state index contributed by atoms with van der Waals surface area (Å²) in [4.78, 5) is 11.0. The Morgan fingerprint density at radius 2 is 2.20 bits per heavy atom. The molecule has 1 aromatic rings. The summed E-state index contributed by atoms with van der Waals surface area (Å²) < 4.78 is 5.16. The van der Waals surface area contributed by atoms with E-state index >= 15 is 0 Å². The van der Waals surface area contributed by atoms with E-state index in [0.29, 0.717) is 10.8 Å². The summed E-state index contributed by atoms with van der Waals surface area (Å²) in [7, 11) is 1.59. The van der Waals surface area contributed by atoms with Crippen molar-refractivity contribution >= 4 is 17.6 Å². The van der Waals surface area contributed by atoms with Gasteiger partial charge < -0.3 is 9.84 Å². The minimum atomic E-state index is -0.869. The van der Waals surface area contributed by atoms with E-state index in [1.165, 1.54) is 6.08 Å². The monoisotopic (exact) mass is 294 g/mol. The topological polar surface area (TPSA) is 46.5 Å². The van der Waals surface area contributed by atoms with Crippen LogP contribution in [-0.4, -0.2) is 18.2 Å². The molecular weight excluding hydrogens is 276 g/mol. The lowest BCUT2D eigenvalue weighted by Gasteiger charge is -2.19. The Morgan fingerprint density at radius 1 is 1.40 bits per heavy atom. The molecule has 0 aromatic heterocycles. The fraction of sp³-hybridized carbons (Fsp3) is 0.438. The molecule has 1 saturated carbocycles. The van der Waals surface area contributed by atoms with Crippen LogP contribution in [0.15, 0.2) is 29.8 Å². The molecule has 2 rings (SSSR count). The molecule has 0 spiro atoms. The summed E-state index contributed by atoms with van der Waals surface area (Å²) >= 11 is 6.18. The third-order valence-corrected chi connectivity index (χ3v) is 4.09. The first-order valence-electron chi connectivity index (χ1n) is 6.88. The number of ether oxygens (including phenoxy) is 1. The van der Waals surface area contributed by atoms with E-state index in [9.17, 15) is 4.79 Å². The number of carboxylic acid groups (broad SMARTS) is 1. The van der Waals surface area contributed by atoms with E-state index in [4.69, 9.17) is 21.4 Å². The number of aliphatic carboxylic acids is 1. The number of carbonyl (C=O) groups is 1. The van der Waals surface area contributed by atoms with Gasteiger partial charge in [-0.25, -0.2) is 4.79 Å². The van der Waals surface area contributed by atoms with Gasteiger partial charge in [-0.3, -0.25) is 0 Å². The zero-order chi connectivity index (χ0) is 14.5. The van der Waals surface area contributed by atoms with Crippen LogP contribution in [-0.2, 0) is 4.79 Å². The fourth-order valence-electron chi connectivity index (χ4n) is 2.83. The van der Waals surface area contributed by atoms with Crippen molar-refractivity contribution in [3.63, 3.8) is 0 Å². The molecule has 1 fully saturated rings. The third-order valence-electron chi connectivity index (χ3n) is 3.79. The summed E-state index contributed by atoms with van der Waals surface area (Å²) in [5.41, 5.74) is 2.07. The third kappa shape index (κ3) is 3.54. The number of benzene rings is 1. The average molecular weight is 295 g/mol. The SMILES string of the molecule is COc1ccc(C2CCCCC/C2=C\C(=O)O)cc1Cl. The molecule has 4 heteroatoms. The summed E-state index contributed by atoms with van der Waals surface area (Å²) in [6.07, 6.45) is 6.51. The largest absolute Gasteiger partial charge is 0.495 e. The first-order chi connectivity index (χ1) is 9.61. The minimum Gasteiger partial charge on any atom is -0.495 e. The normalized spacial score (nSPS) is 21.5. The van der Waals surface area contributed by atoms with Crippen LogP contribution in [0.25, 0.3) is 0 Å². The van der Waals surface area contributed by atoms with Gasteiger partial charge in [0.1, 0.15) is 5.75 Å². The molecule has 0 aliphatic heterocycles. The average Bonchev–Trinajstić information content (AvgIpc) is 2.63. The lowest BCUT2D eigenvalue weighted by Crippen LogP contribution is -2.04. The molecule has 1 N–H and O–H groups in total. The van der Waals surface area contributed by atoms with E-state index < -0.39 is 5.97 Å². The Labute approximate surface area is 124 Å². The molecule has 0 saturated heterocycles. The molecule has 1 unspecified atom stereocenters. The van der Waals surface area contributed by atoms with Gasteiger partial charge in [0.15, 0.2) is 0 Å².